The van der Waals surface area contributed by atoms with E-state index in [4.69, 9.17) is 16.2 Å². The van der Waals surface area contributed by atoms with E-state index in [0.29, 0.717) is 12.1 Å². The molecule has 5 nitrogen and oxygen atoms in total. The van der Waals surface area contributed by atoms with Gasteiger partial charge in [-0.15, -0.1) is 0 Å². The van der Waals surface area contributed by atoms with E-state index in [2.05, 4.69) is 0 Å². The summed E-state index contributed by atoms with van der Waals surface area (Å²) in [6, 6.07) is 5.45. The highest BCUT2D eigenvalue weighted by molar-refractivity contribution is 5.98. The van der Waals surface area contributed by atoms with E-state index in [1.807, 2.05) is 13.8 Å². The number of rotatable bonds is 4. The van der Waals surface area contributed by atoms with E-state index in [0.717, 1.165) is 0 Å². The van der Waals surface area contributed by atoms with Gasteiger partial charge in [0.2, 0.25) is 0 Å². The molecule has 0 radical (unpaired) electrons. The topological polar surface area (TPSA) is 95.4 Å². The molecule has 0 aliphatic carbocycles. The fraction of sp³-hybridized carbons (Fsp3) is 0.385. The quantitative estimate of drug-likeness (QED) is 0.477. The maximum Gasteiger partial charge on any atom is 0.345 e. The number of ether oxygens (including phenoxy) is 1. The molecule has 0 fully saturated rings. The van der Waals surface area contributed by atoms with Crippen LogP contribution in [-0.2, 0) is 9.53 Å². The minimum Gasteiger partial charge on any atom is -0.399 e. The molecule has 1 atom stereocenters. The normalized spacial score (nSPS) is 12.2. The molecule has 0 heterocycles. The molecule has 1 aromatic rings. The molecule has 0 amide bonds. The highest BCUT2D eigenvalue weighted by atomic mass is 16.6. The lowest BCUT2D eigenvalue weighted by atomic mass is 10.1. The number of hydrogen-bond acceptors (Lipinski definition) is 5. The zero-order valence-electron chi connectivity index (χ0n) is 10.6. The highest BCUT2D eigenvalue weighted by Gasteiger charge is 2.20. The fourth-order valence-corrected chi connectivity index (χ4v) is 1.50. The Morgan fingerprint density at radius 2 is 2.00 bits per heavy atom. The summed E-state index contributed by atoms with van der Waals surface area (Å²) in [7, 11) is 0. The van der Waals surface area contributed by atoms with Gasteiger partial charge < -0.3 is 16.2 Å². The first-order chi connectivity index (χ1) is 8.40. The first kappa shape index (κ1) is 14.2. The summed E-state index contributed by atoms with van der Waals surface area (Å²) in [5.74, 6) is -1.18. The predicted octanol–water partition coefficient (Wildman–Crippen LogP) is 1.33. The first-order valence-corrected chi connectivity index (χ1v) is 5.77. The summed E-state index contributed by atoms with van der Waals surface area (Å²) in [4.78, 5) is 23.2. The Balaban J connectivity index is 2.62. The minimum absolute atomic E-state index is 0.236. The molecule has 1 unspecified atom stereocenters. The smallest absolute Gasteiger partial charge is 0.345 e. The van der Waals surface area contributed by atoms with Crippen molar-refractivity contribution in [3.8, 4) is 0 Å². The summed E-state index contributed by atoms with van der Waals surface area (Å²) in [5.41, 5.74) is 11.8. The average Bonchev–Trinajstić information content (AvgIpc) is 2.27. The van der Waals surface area contributed by atoms with Crippen molar-refractivity contribution in [2.75, 3.05) is 5.73 Å². The van der Waals surface area contributed by atoms with Crippen molar-refractivity contribution in [1.82, 2.24) is 0 Å². The lowest BCUT2D eigenvalue weighted by Crippen LogP contribution is -2.35. The van der Waals surface area contributed by atoms with Crippen LogP contribution in [0.4, 0.5) is 5.69 Å². The monoisotopic (exact) mass is 250 g/mol. The molecule has 0 saturated heterocycles. The summed E-state index contributed by atoms with van der Waals surface area (Å²) >= 11 is 0. The van der Waals surface area contributed by atoms with Crippen LogP contribution < -0.4 is 11.5 Å². The van der Waals surface area contributed by atoms with Gasteiger partial charge in [-0.1, -0.05) is 19.9 Å². The highest BCUT2D eigenvalue weighted by Crippen LogP contribution is 2.10. The standard InChI is InChI=1S/C13H18N2O3/c1-8(2)6-11(15)13(17)18-12(16)9-4-3-5-10(14)7-9/h3-5,7-8,11H,6,14-15H2,1-2H3. The number of hydrogen-bond donors (Lipinski definition) is 2. The molecule has 18 heavy (non-hydrogen) atoms. The maximum atomic E-state index is 11.6. The molecule has 98 valence electrons. The number of anilines is 1. The van der Waals surface area contributed by atoms with Gasteiger partial charge in [0.25, 0.3) is 0 Å². The number of esters is 2. The molecule has 0 spiro atoms. The summed E-state index contributed by atoms with van der Waals surface area (Å²) in [6.07, 6.45) is 0.475. The Bertz CT molecular complexity index is 444. The Hall–Kier alpha value is -1.88. The van der Waals surface area contributed by atoms with Crippen LogP contribution in [0, 0.1) is 5.92 Å². The van der Waals surface area contributed by atoms with Gasteiger partial charge in [0.1, 0.15) is 6.04 Å². The van der Waals surface area contributed by atoms with Gasteiger partial charge in [0.15, 0.2) is 0 Å². The lowest BCUT2D eigenvalue weighted by Gasteiger charge is -2.12. The summed E-state index contributed by atoms with van der Waals surface area (Å²) in [5, 5.41) is 0. The van der Waals surface area contributed by atoms with Crippen LogP contribution in [0.15, 0.2) is 24.3 Å². The zero-order valence-corrected chi connectivity index (χ0v) is 10.6. The number of benzene rings is 1. The third-order valence-electron chi connectivity index (χ3n) is 2.34. The molecular weight excluding hydrogens is 232 g/mol. The minimum atomic E-state index is -0.782. The Morgan fingerprint density at radius 3 is 2.56 bits per heavy atom. The van der Waals surface area contributed by atoms with Crippen molar-refractivity contribution in [2.24, 2.45) is 11.7 Å². The van der Waals surface area contributed by atoms with Gasteiger partial charge >= 0.3 is 11.9 Å². The molecule has 1 rings (SSSR count). The van der Waals surface area contributed by atoms with Crippen LogP contribution in [0.2, 0.25) is 0 Å². The van der Waals surface area contributed by atoms with Crippen LogP contribution in [-0.4, -0.2) is 18.0 Å². The van der Waals surface area contributed by atoms with Crippen molar-refractivity contribution in [3.63, 3.8) is 0 Å². The number of carbonyl (C=O) groups excluding carboxylic acids is 2. The second-order valence-corrected chi connectivity index (χ2v) is 4.57. The summed E-state index contributed by atoms with van der Waals surface area (Å²) in [6.45, 7) is 3.87. The van der Waals surface area contributed by atoms with Crippen LogP contribution in [0.5, 0.6) is 0 Å². The third-order valence-corrected chi connectivity index (χ3v) is 2.34. The second-order valence-electron chi connectivity index (χ2n) is 4.57. The molecule has 0 aromatic heterocycles. The maximum absolute atomic E-state index is 11.6. The van der Waals surface area contributed by atoms with Crippen molar-refractivity contribution >= 4 is 17.6 Å². The zero-order chi connectivity index (χ0) is 13.7. The predicted molar refractivity (Wildman–Crippen MR) is 68.7 cm³/mol. The molecular formula is C13H18N2O3. The Labute approximate surface area is 106 Å². The van der Waals surface area contributed by atoms with Gasteiger partial charge in [-0.2, -0.15) is 0 Å². The Morgan fingerprint density at radius 1 is 1.33 bits per heavy atom. The van der Waals surface area contributed by atoms with E-state index in [1.165, 1.54) is 12.1 Å². The largest absolute Gasteiger partial charge is 0.399 e. The van der Waals surface area contributed by atoms with Gasteiger partial charge in [-0.05, 0) is 30.5 Å². The van der Waals surface area contributed by atoms with Crippen LogP contribution >= 0.6 is 0 Å². The van der Waals surface area contributed by atoms with Crippen LogP contribution in [0.1, 0.15) is 30.6 Å². The van der Waals surface area contributed by atoms with Gasteiger partial charge in [0, 0.05) is 5.69 Å². The van der Waals surface area contributed by atoms with E-state index in [1.54, 1.807) is 12.1 Å². The molecule has 0 bridgehead atoms. The molecule has 5 heteroatoms. The van der Waals surface area contributed by atoms with Crippen molar-refractivity contribution in [1.29, 1.82) is 0 Å². The average molecular weight is 250 g/mol. The van der Waals surface area contributed by atoms with Crippen molar-refractivity contribution < 1.29 is 14.3 Å². The van der Waals surface area contributed by atoms with E-state index in [-0.39, 0.29) is 11.5 Å². The number of nitrogen functional groups attached to an aromatic ring is 1. The SMILES string of the molecule is CC(C)CC(N)C(=O)OC(=O)c1cccc(N)c1. The summed E-state index contributed by atoms with van der Waals surface area (Å²) < 4.78 is 4.70. The van der Waals surface area contributed by atoms with Gasteiger partial charge in [0.05, 0.1) is 5.56 Å². The second kappa shape index (κ2) is 6.16. The molecule has 4 N–H and O–H groups in total. The molecule has 0 aliphatic rings. The molecule has 0 aliphatic heterocycles. The number of carbonyl (C=O) groups is 2. The van der Waals surface area contributed by atoms with E-state index in [9.17, 15) is 9.59 Å². The Kier molecular flexibility index (Phi) is 4.85. The van der Waals surface area contributed by atoms with Crippen LogP contribution in [0.3, 0.4) is 0 Å². The fourth-order valence-electron chi connectivity index (χ4n) is 1.50. The van der Waals surface area contributed by atoms with E-state index >= 15 is 0 Å². The van der Waals surface area contributed by atoms with Gasteiger partial charge in [-0.3, -0.25) is 0 Å². The first-order valence-electron chi connectivity index (χ1n) is 5.77. The van der Waals surface area contributed by atoms with Crippen molar-refractivity contribution in [2.45, 2.75) is 26.3 Å². The number of nitrogens with two attached hydrogens (primary N) is 2. The van der Waals surface area contributed by atoms with Gasteiger partial charge in [-0.25, -0.2) is 9.59 Å². The van der Waals surface area contributed by atoms with Crippen LogP contribution in [0.25, 0.3) is 0 Å². The van der Waals surface area contributed by atoms with Crippen molar-refractivity contribution in [3.05, 3.63) is 29.8 Å². The third kappa shape index (κ3) is 4.18. The van der Waals surface area contributed by atoms with E-state index < -0.39 is 18.0 Å². The lowest BCUT2D eigenvalue weighted by molar-refractivity contribution is -0.139. The molecule has 1 aromatic carbocycles. The molecule has 0 saturated carbocycles.